The summed E-state index contributed by atoms with van der Waals surface area (Å²) >= 11 is 7.54. The third-order valence-corrected chi connectivity index (χ3v) is 6.77. The maximum absolute atomic E-state index is 4.95. The first kappa shape index (κ1) is 17.7. The molecule has 0 radical (unpaired) electrons. The van der Waals surface area contributed by atoms with Gasteiger partial charge in [0.15, 0.2) is 0 Å². The molecule has 132 valence electrons. The van der Waals surface area contributed by atoms with Gasteiger partial charge in [-0.1, -0.05) is 22.0 Å². The molecule has 1 N–H and O–H groups in total. The second kappa shape index (κ2) is 7.50. The molecule has 0 saturated carbocycles. The normalized spacial score (nSPS) is 21.2. The van der Waals surface area contributed by atoms with Crippen LogP contribution >= 0.6 is 31.9 Å². The van der Waals surface area contributed by atoms with Gasteiger partial charge < -0.3 is 5.32 Å². The summed E-state index contributed by atoms with van der Waals surface area (Å²) in [4.78, 5) is 4.95. The van der Waals surface area contributed by atoms with Crippen molar-refractivity contribution in [3.63, 3.8) is 0 Å². The van der Waals surface area contributed by atoms with Crippen molar-refractivity contribution in [2.24, 2.45) is 5.92 Å². The fourth-order valence-corrected chi connectivity index (χ4v) is 5.84. The summed E-state index contributed by atoms with van der Waals surface area (Å²) in [5.41, 5.74) is 7.09. The largest absolute Gasteiger partial charge is 0.317 e. The number of aromatic nitrogens is 1. The average molecular weight is 464 g/mol. The van der Waals surface area contributed by atoms with Crippen molar-refractivity contribution < 1.29 is 0 Å². The highest BCUT2D eigenvalue weighted by molar-refractivity contribution is 9.10. The molecule has 1 aromatic heterocycles. The number of hydrogen-bond donors (Lipinski definition) is 1. The summed E-state index contributed by atoms with van der Waals surface area (Å²) in [7, 11) is 0. The lowest BCUT2D eigenvalue weighted by Crippen LogP contribution is -2.32. The highest BCUT2D eigenvalue weighted by Gasteiger charge is 2.33. The second-order valence-corrected chi connectivity index (χ2v) is 9.21. The molecule has 1 fully saturated rings. The average Bonchev–Trinajstić information content (AvgIpc) is 2.58. The van der Waals surface area contributed by atoms with Crippen molar-refractivity contribution in [1.29, 1.82) is 0 Å². The molecule has 0 amide bonds. The molecule has 1 atom stereocenters. The third kappa shape index (κ3) is 3.58. The zero-order chi connectivity index (χ0) is 17.4. The lowest BCUT2D eigenvalue weighted by molar-refractivity contribution is 0.335. The molecule has 2 nitrogen and oxygen atoms in total. The molecule has 4 rings (SSSR count). The predicted octanol–water partition coefficient (Wildman–Crippen LogP) is 5.54. The molecular formula is C21H24Br2N2. The van der Waals surface area contributed by atoms with Crippen LogP contribution in [0.4, 0.5) is 0 Å². The van der Waals surface area contributed by atoms with Gasteiger partial charge in [0.2, 0.25) is 0 Å². The van der Waals surface area contributed by atoms with E-state index in [-0.39, 0.29) is 0 Å². The van der Waals surface area contributed by atoms with Crippen LogP contribution in [0.25, 0.3) is 0 Å². The van der Waals surface area contributed by atoms with Crippen molar-refractivity contribution in [2.75, 3.05) is 13.1 Å². The van der Waals surface area contributed by atoms with E-state index in [1.165, 1.54) is 51.7 Å². The molecule has 1 aromatic carbocycles. The lowest BCUT2D eigenvalue weighted by Gasteiger charge is -2.35. The van der Waals surface area contributed by atoms with Crippen LogP contribution in [0, 0.1) is 12.8 Å². The minimum atomic E-state index is 0.399. The zero-order valence-electron chi connectivity index (χ0n) is 14.6. The number of halogens is 2. The Labute approximate surface area is 167 Å². The number of aryl methyl sites for hydroxylation is 3. The van der Waals surface area contributed by atoms with E-state index in [2.05, 4.69) is 62.3 Å². The minimum absolute atomic E-state index is 0.399. The molecule has 0 spiro atoms. The number of pyridine rings is 1. The predicted molar refractivity (Wildman–Crippen MR) is 110 cm³/mol. The van der Waals surface area contributed by atoms with E-state index >= 15 is 0 Å². The highest BCUT2D eigenvalue weighted by Crippen LogP contribution is 2.44. The van der Waals surface area contributed by atoms with Gasteiger partial charge in [-0.05, 0) is 108 Å². The fraction of sp³-hybridized carbons (Fsp3) is 0.476. The zero-order valence-corrected chi connectivity index (χ0v) is 17.8. The van der Waals surface area contributed by atoms with Gasteiger partial charge in [-0.25, -0.2) is 0 Å². The van der Waals surface area contributed by atoms with Crippen LogP contribution in [0.3, 0.4) is 0 Å². The van der Waals surface area contributed by atoms with Crippen molar-refractivity contribution in [3.8, 4) is 0 Å². The van der Waals surface area contributed by atoms with Crippen molar-refractivity contribution >= 4 is 31.9 Å². The second-order valence-electron chi connectivity index (χ2n) is 7.44. The molecule has 1 aliphatic carbocycles. The quantitative estimate of drug-likeness (QED) is 0.600. The van der Waals surface area contributed by atoms with Crippen molar-refractivity contribution in [3.05, 3.63) is 61.3 Å². The number of nitrogens with zero attached hydrogens (tertiary/aromatic N) is 1. The van der Waals surface area contributed by atoms with Gasteiger partial charge in [0.1, 0.15) is 0 Å². The molecule has 1 unspecified atom stereocenters. The molecule has 2 aromatic rings. The maximum Gasteiger partial charge on any atom is 0.0514 e. The highest BCUT2D eigenvalue weighted by atomic mass is 79.9. The summed E-state index contributed by atoms with van der Waals surface area (Å²) in [5.74, 6) is 1.06. The van der Waals surface area contributed by atoms with Crippen molar-refractivity contribution in [2.45, 2.75) is 44.9 Å². The van der Waals surface area contributed by atoms with E-state index in [4.69, 9.17) is 4.98 Å². The Balaban J connectivity index is 1.91. The number of fused-ring (bicyclic) bond motifs is 2. The van der Waals surface area contributed by atoms with Crippen LogP contribution in [0.15, 0.2) is 33.3 Å². The van der Waals surface area contributed by atoms with Gasteiger partial charge in [-0.15, -0.1) is 0 Å². The van der Waals surface area contributed by atoms with E-state index in [0.717, 1.165) is 30.4 Å². The van der Waals surface area contributed by atoms with Crippen LogP contribution in [0.5, 0.6) is 0 Å². The number of piperidine rings is 1. The first-order valence-electron chi connectivity index (χ1n) is 9.27. The van der Waals surface area contributed by atoms with E-state index in [0.29, 0.717) is 11.8 Å². The molecule has 1 saturated heterocycles. The van der Waals surface area contributed by atoms with Gasteiger partial charge in [-0.2, -0.15) is 0 Å². The Morgan fingerprint density at radius 1 is 1.04 bits per heavy atom. The maximum atomic E-state index is 4.95. The lowest BCUT2D eigenvalue weighted by atomic mass is 9.73. The summed E-state index contributed by atoms with van der Waals surface area (Å²) in [6.07, 6.45) is 7.89. The summed E-state index contributed by atoms with van der Waals surface area (Å²) in [6.45, 7) is 4.43. The Morgan fingerprint density at radius 3 is 2.60 bits per heavy atom. The Morgan fingerprint density at radius 2 is 1.80 bits per heavy atom. The van der Waals surface area contributed by atoms with Crippen LogP contribution in [0.1, 0.15) is 53.1 Å². The van der Waals surface area contributed by atoms with Gasteiger partial charge >= 0.3 is 0 Å². The molecule has 0 bridgehead atoms. The van der Waals surface area contributed by atoms with Crippen LogP contribution in [0.2, 0.25) is 0 Å². The van der Waals surface area contributed by atoms with E-state index in [1.807, 2.05) is 6.20 Å². The SMILES string of the molecule is Cc1cc(Br)c2c(c1)CCCc1cc(Br)cnc1C2C1CCNCC1. The number of nitrogens with one attached hydrogen (secondary N) is 1. The van der Waals surface area contributed by atoms with Crippen LogP contribution < -0.4 is 5.32 Å². The Hall–Kier alpha value is -0.710. The summed E-state index contributed by atoms with van der Waals surface area (Å²) in [6, 6.07) is 6.98. The Bertz CT molecular complexity index is 782. The molecule has 2 heterocycles. The molecule has 25 heavy (non-hydrogen) atoms. The Kier molecular flexibility index (Phi) is 5.30. The first-order valence-corrected chi connectivity index (χ1v) is 10.9. The van der Waals surface area contributed by atoms with E-state index < -0.39 is 0 Å². The number of benzene rings is 1. The minimum Gasteiger partial charge on any atom is -0.317 e. The monoisotopic (exact) mass is 462 g/mol. The van der Waals surface area contributed by atoms with Gasteiger partial charge in [0, 0.05) is 21.1 Å². The number of hydrogen-bond acceptors (Lipinski definition) is 2. The summed E-state index contributed by atoms with van der Waals surface area (Å²) < 4.78 is 2.36. The molecule has 1 aliphatic heterocycles. The van der Waals surface area contributed by atoms with Crippen molar-refractivity contribution in [1.82, 2.24) is 10.3 Å². The molecular weight excluding hydrogens is 440 g/mol. The molecule has 4 heteroatoms. The van der Waals surface area contributed by atoms with Crippen LogP contribution in [-0.4, -0.2) is 18.1 Å². The van der Waals surface area contributed by atoms with Gasteiger partial charge in [0.25, 0.3) is 0 Å². The third-order valence-electron chi connectivity index (χ3n) is 5.68. The summed E-state index contributed by atoms with van der Waals surface area (Å²) in [5, 5.41) is 3.52. The van der Waals surface area contributed by atoms with Gasteiger partial charge in [-0.3, -0.25) is 4.98 Å². The topological polar surface area (TPSA) is 24.9 Å². The smallest absolute Gasteiger partial charge is 0.0514 e. The van der Waals surface area contributed by atoms with E-state index in [1.54, 1.807) is 0 Å². The van der Waals surface area contributed by atoms with E-state index in [9.17, 15) is 0 Å². The number of rotatable bonds is 1. The van der Waals surface area contributed by atoms with Crippen LogP contribution in [-0.2, 0) is 12.8 Å². The van der Waals surface area contributed by atoms with Gasteiger partial charge in [0.05, 0.1) is 5.69 Å². The fourth-order valence-electron chi connectivity index (χ4n) is 4.59. The standard InChI is InChI=1S/C21H24Br2N2/c1-13-9-15-3-2-4-16-11-17(22)12-25-21(16)20(19(15)18(23)10-13)14-5-7-24-8-6-14/h9-12,14,20,24H,2-8H2,1H3. The first-order chi connectivity index (χ1) is 12.1. The molecule has 2 aliphatic rings.